The van der Waals surface area contributed by atoms with Crippen molar-refractivity contribution in [3.8, 4) is 0 Å². The molecule has 3 nitrogen and oxygen atoms in total. The molecule has 0 aliphatic heterocycles. The zero-order valence-electron chi connectivity index (χ0n) is 6.31. The first kappa shape index (κ1) is 11.0. The van der Waals surface area contributed by atoms with E-state index in [1.54, 1.807) is 12.1 Å². The van der Waals surface area contributed by atoms with Crippen LogP contribution >= 0.6 is 27.5 Å². The lowest BCUT2D eigenvalue weighted by atomic mass is 10.2. The van der Waals surface area contributed by atoms with Crippen molar-refractivity contribution in [1.82, 2.24) is 0 Å². The summed E-state index contributed by atoms with van der Waals surface area (Å²) in [5.74, 6) is 0. The summed E-state index contributed by atoms with van der Waals surface area (Å²) >= 11 is 8.67. The van der Waals surface area contributed by atoms with E-state index in [0.717, 1.165) is 4.47 Å². The van der Waals surface area contributed by atoms with E-state index in [2.05, 4.69) is 15.9 Å². The zero-order valence-corrected chi connectivity index (χ0v) is 9.47. The molecule has 0 aromatic heterocycles. The second-order valence-electron chi connectivity index (χ2n) is 2.38. The quantitative estimate of drug-likeness (QED) is 0.671. The smallest absolute Gasteiger partial charge is 0.284 e. The number of benzene rings is 1. The van der Waals surface area contributed by atoms with Gasteiger partial charge in [-0.25, -0.2) is 0 Å². The van der Waals surface area contributed by atoms with E-state index < -0.39 is 14.8 Å². The van der Waals surface area contributed by atoms with Gasteiger partial charge in [-0.2, -0.15) is 8.42 Å². The van der Waals surface area contributed by atoms with Gasteiger partial charge in [0.25, 0.3) is 10.1 Å². The van der Waals surface area contributed by atoms with Crippen molar-refractivity contribution in [2.24, 2.45) is 0 Å². The largest absolute Gasteiger partial charge is 0.286 e. The van der Waals surface area contributed by atoms with Gasteiger partial charge in [-0.15, -0.1) is 0 Å². The number of alkyl halides is 1. The summed E-state index contributed by atoms with van der Waals surface area (Å²) in [7, 11) is -4.22. The molecule has 0 spiro atoms. The van der Waals surface area contributed by atoms with Crippen molar-refractivity contribution in [1.29, 1.82) is 0 Å². The highest BCUT2D eigenvalue weighted by molar-refractivity contribution is 9.10. The fraction of sp³-hybridized carbons (Fsp3) is 0.143. The molecule has 1 atom stereocenters. The molecule has 0 fully saturated rings. The maximum atomic E-state index is 10.6. The summed E-state index contributed by atoms with van der Waals surface area (Å²) in [6.45, 7) is 0. The lowest BCUT2D eigenvalue weighted by Gasteiger charge is -2.05. The molecule has 0 radical (unpaired) electrons. The first-order valence-corrected chi connectivity index (χ1v) is 6.00. The van der Waals surface area contributed by atoms with Gasteiger partial charge in [0, 0.05) is 4.47 Å². The van der Waals surface area contributed by atoms with Crippen LogP contribution in [0.3, 0.4) is 0 Å². The number of rotatable bonds is 2. The molecule has 1 N–H and O–H groups in total. The summed E-state index contributed by atoms with van der Waals surface area (Å²) in [5.41, 5.74) is 0.340. The van der Waals surface area contributed by atoms with E-state index in [1.807, 2.05) is 0 Å². The first-order valence-electron chi connectivity index (χ1n) is 3.27. The second-order valence-corrected chi connectivity index (χ2v) is 5.49. The minimum atomic E-state index is -4.22. The number of hydrogen-bond donors (Lipinski definition) is 1. The Balaban J connectivity index is 3.04. The molecule has 0 aliphatic carbocycles. The molecule has 0 saturated heterocycles. The monoisotopic (exact) mass is 284 g/mol. The summed E-state index contributed by atoms with van der Waals surface area (Å²) in [6, 6.07) is 6.34. The van der Waals surface area contributed by atoms with Crippen LogP contribution in [0, 0.1) is 0 Å². The van der Waals surface area contributed by atoms with E-state index in [0.29, 0.717) is 5.56 Å². The molecule has 1 aromatic carbocycles. The maximum Gasteiger partial charge on any atom is 0.286 e. The van der Waals surface area contributed by atoms with Crippen molar-refractivity contribution in [2.45, 2.75) is 4.71 Å². The fourth-order valence-corrected chi connectivity index (χ4v) is 1.70. The summed E-state index contributed by atoms with van der Waals surface area (Å²) in [5, 5.41) is 0. The molecule has 0 heterocycles. The van der Waals surface area contributed by atoms with Gasteiger partial charge in [0.2, 0.25) is 0 Å². The average molecular weight is 286 g/mol. The Morgan fingerprint density at radius 2 is 1.77 bits per heavy atom. The van der Waals surface area contributed by atoms with Gasteiger partial charge in [-0.05, 0) is 17.7 Å². The summed E-state index contributed by atoms with van der Waals surface area (Å²) in [4.78, 5) is 0. The van der Waals surface area contributed by atoms with Gasteiger partial charge >= 0.3 is 0 Å². The SMILES string of the molecule is O=S(=O)(O)C(Cl)c1ccc(Br)cc1. The Kier molecular flexibility index (Phi) is 3.34. The first-order chi connectivity index (χ1) is 5.91. The molecule has 13 heavy (non-hydrogen) atoms. The predicted octanol–water partition coefficient (Wildman–Crippen LogP) is 2.57. The third-order valence-corrected chi connectivity index (χ3v) is 3.64. The highest BCUT2D eigenvalue weighted by Gasteiger charge is 2.21. The molecule has 72 valence electrons. The van der Waals surface area contributed by atoms with Gasteiger partial charge in [-0.1, -0.05) is 39.7 Å². The topological polar surface area (TPSA) is 54.4 Å². The minimum absolute atomic E-state index is 0.340. The van der Waals surface area contributed by atoms with E-state index >= 15 is 0 Å². The van der Waals surface area contributed by atoms with Gasteiger partial charge in [0.05, 0.1) is 0 Å². The van der Waals surface area contributed by atoms with Crippen LogP contribution in [0.1, 0.15) is 10.3 Å². The molecular weight excluding hydrogens is 279 g/mol. The molecule has 0 bridgehead atoms. The highest BCUT2D eigenvalue weighted by atomic mass is 79.9. The van der Waals surface area contributed by atoms with Gasteiger partial charge in [0.1, 0.15) is 0 Å². The third-order valence-electron chi connectivity index (χ3n) is 1.39. The maximum absolute atomic E-state index is 10.6. The molecule has 0 amide bonds. The van der Waals surface area contributed by atoms with Crippen LogP contribution in [-0.4, -0.2) is 13.0 Å². The number of hydrogen-bond acceptors (Lipinski definition) is 2. The van der Waals surface area contributed by atoms with Crippen molar-refractivity contribution in [3.05, 3.63) is 34.3 Å². The molecule has 0 saturated carbocycles. The molecule has 1 rings (SSSR count). The van der Waals surface area contributed by atoms with Gasteiger partial charge in [0.15, 0.2) is 4.71 Å². The Morgan fingerprint density at radius 3 is 2.15 bits per heavy atom. The van der Waals surface area contributed by atoms with Crippen molar-refractivity contribution >= 4 is 37.6 Å². The Bertz CT molecular complexity index is 387. The lowest BCUT2D eigenvalue weighted by molar-refractivity contribution is 0.480. The molecule has 1 unspecified atom stereocenters. The third kappa shape index (κ3) is 2.95. The zero-order chi connectivity index (χ0) is 10.1. The van der Waals surface area contributed by atoms with Crippen LogP contribution in [0.4, 0.5) is 0 Å². The standard InChI is InChI=1S/C7H6BrClO3S/c8-6-3-1-5(2-4-6)7(9)13(10,11)12/h1-4,7H,(H,10,11,12). The predicted molar refractivity (Wildman–Crippen MR) is 54.3 cm³/mol. The van der Waals surface area contributed by atoms with E-state index in [1.165, 1.54) is 12.1 Å². The van der Waals surface area contributed by atoms with Crippen LogP contribution in [0.5, 0.6) is 0 Å². The summed E-state index contributed by atoms with van der Waals surface area (Å²) < 4.78 is 29.3. The van der Waals surface area contributed by atoms with E-state index in [9.17, 15) is 8.42 Å². The Morgan fingerprint density at radius 1 is 1.31 bits per heavy atom. The van der Waals surface area contributed by atoms with Crippen molar-refractivity contribution in [2.75, 3.05) is 0 Å². The van der Waals surface area contributed by atoms with Crippen molar-refractivity contribution < 1.29 is 13.0 Å². The highest BCUT2D eigenvalue weighted by Crippen LogP contribution is 2.26. The van der Waals surface area contributed by atoms with Crippen LogP contribution < -0.4 is 0 Å². The minimum Gasteiger partial charge on any atom is -0.284 e. The van der Waals surface area contributed by atoms with Crippen LogP contribution in [0.25, 0.3) is 0 Å². The van der Waals surface area contributed by atoms with Crippen LogP contribution in [-0.2, 0) is 10.1 Å². The molecule has 0 aliphatic rings. The fourth-order valence-electron chi connectivity index (χ4n) is 0.786. The lowest BCUT2D eigenvalue weighted by Crippen LogP contribution is -2.05. The Labute approximate surface area is 89.6 Å². The van der Waals surface area contributed by atoms with Gasteiger partial charge in [-0.3, -0.25) is 4.55 Å². The van der Waals surface area contributed by atoms with E-state index in [4.69, 9.17) is 16.2 Å². The van der Waals surface area contributed by atoms with Crippen LogP contribution in [0.15, 0.2) is 28.7 Å². The van der Waals surface area contributed by atoms with E-state index in [-0.39, 0.29) is 0 Å². The molecule has 1 aromatic rings. The molecule has 6 heteroatoms. The average Bonchev–Trinajstić information content (AvgIpc) is 2.03. The Hall–Kier alpha value is -0.100. The second kappa shape index (κ2) is 3.96. The van der Waals surface area contributed by atoms with Crippen molar-refractivity contribution in [3.63, 3.8) is 0 Å². The van der Waals surface area contributed by atoms with Crippen LogP contribution in [0.2, 0.25) is 0 Å². The normalized spacial score (nSPS) is 14.1. The molecular formula is C7H6BrClO3S. The van der Waals surface area contributed by atoms with Gasteiger partial charge < -0.3 is 0 Å². The summed E-state index contributed by atoms with van der Waals surface area (Å²) in [6.07, 6.45) is 0. The number of halogens is 2.